The minimum atomic E-state index is -0.677. The van der Waals surface area contributed by atoms with Crippen molar-refractivity contribution < 1.29 is 9.59 Å². The van der Waals surface area contributed by atoms with Crippen LogP contribution < -0.4 is 11.1 Å². The third kappa shape index (κ3) is 3.72. The molecule has 144 valence electrons. The summed E-state index contributed by atoms with van der Waals surface area (Å²) >= 11 is 11.8. The second kappa shape index (κ2) is 7.31. The van der Waals surface area contributed by atoms with Crippen LogP contribution in [0, 0.1) is 0 Å². The molecule has 0 aliphatic heterocycles. The number of carbonyl (C=O) groups is 2. The van der Waals surface area contributed by atoms with Crippen LogP contribution in [0.5, 0.6) is 0 Å². The van der Waals surface area contributed by atoms with E-state index in [2.05, 4.69) is 9.97 Å². The van der Waals surface area contributed by atoms with Gasteiger partial charge in [0.05, 0.1) is 17.5 Å². The van der Waals surface area contributed by atoms with Gasteiger partial charge in [0.15, 0.2) is 11.6 Å². The van der Waals surface area contributed by atoms with Gasteiger partial charge in [-0.3, -0.25) is 19.2 Å². The Morgan fingerprint density at radius 3 is 1.52 bits per heavy atom. The van der Waals surface area contributed by atoms with Crippen LogP contribution in [0.2, 0.25) is 10.0 Å². The second-order valence-corrected chi connectivity index (χ2v) is 7.38. The summed E-state index contributed by atoms with van der Waals surface area (Å²) in [4.78, 5) is 54.9. The van der Waals surface area contributed by atoms with Crippen LogP contribution in [0.15, 0.2) is 58.1 Å². The van der Waals surface area contributed by atoms with Crippen molar-refractivity contribution in [3.8, 4) is 0 Å². The van der Waals surface area contributed by atoms with E-state index in [9.17, 15) is 19.2 Å². The van der Waals surface area contributed by atoms with E-state index in [4.69, 9.17) is 23.2 Å². The standard InChI is InChI=1S/C21H12Cl2N2O4/c22-12-3-1-10-5-14(20(28)24-16(10)7-12)18(26)9-19(27)15-6-11-2-4-13(23)8-17(11)25-21(15)29/h1-8H,9H2,(H,24,28)(H,25,29). The van der Waals surface area contributed by atoms with Gasteiger partial charge in [-0.05, 0) is 47.2 Å². The lowest BCUT2D eigenvalue weighted by molar-refractivity contribution is 0.0893. The first-order valence-corrected chi connectivity index (χ1v) is 9.29. The van der Waals surface area contributed by atoms with E-state index in [-0.39, 0.29) is 11.1 Å². The van der Waals surface area contributed by atoms with Gasteiger partial charge in [-0.25, -0.2) is 0 Å². The number of pyridine rings is 2. The first-order valence-electron chi connectivity index (χ1n) is 8.53. The van der Waals surface area contributed by atoms with Gasteiger partial charge < -0.3 is 9.97 Å². The molecule has 0 saturated carbocycles. The molecule has 0 unspecified atom stereocenters. The molecule has 0 bridgehead atoms. The van der Waals surface area contributed by atoms with Crippen molar-refractivity contribution in [2.45, 2.75) is 6.42 Å². The molecule has 0 radical (unpaired) electrons. The number of benzene rings is 2. The van der Waals surface area contributed by atoms with Crippen molar-refractivity contribution in [2.24, 2.45) is 0 Å². The number of halogens is 2. The average Bonchev–Trinajstić information content (AvgIpc) is 2.66. The molecule has 2 aromatic heterocycles. The van der Waals surface area contributed by atoms with Crippen molar-refractivity contribution in [3.63, 3.8) is 0 Å². The molecule has 4 rings (SSSR count). The number of fused-ring (bicyclic) bond motifs is 2. The van der Waals surface area contributed by atoms with Crippen LogP contribution in [0.3, 0.4) is 0 Å². The molecule has 2 aromatic carbocycles. The predicted molar refractivity (Wildman–Crippen MR) is 112 cm³/mol. The number of Topliss-reactive ketones (excluding diaryl/α,β-unsaturated/α-hetero) is 2. The Bertz CT molecular complexity index is 1330. The molecule has 0 saturated heterocycles. The third-order valence-electron chi connectivity index (χ3n) is 4.54. The minimum Gasteiger partial charge on any atom is -0.321 e. The van der Waals surface area contributed by atoms with Gasteiger partial charge in [0, 0.05) is 21.1 Å². The quantitative estimate of drug-likeness (QED) is 0.378. The number of aromatic amines is 2. The molecule has 8 heteroatoms. The molecule has 4 aromatic rings. The number of hydrogen-bond donors (Lipinski definition) is 2. The zero-order valence-electron chi connectivity index (χ0n) is 14.7. The van der Waals surface area contributed by atoms with E-state index >= 15 is 0 Å². The molecule has 6 nitrogen and oxygen atoms in total. The number of ketones is 2. The maximum absolute atomic E-state index is 12.6. The van der Waals surface area contributed by atoms with Crippen LogP contribution in [-0.4, -0.2) is 21.5 Å². The molecule has 2 heterocycles. The van der Waals surface area contributed by atoms with Gasteiger partial charge in [0.2, 0.25) is 0 Å². The second-order valence-electron chi connectivity index (χ2n) is 6.51. The first-order chi connectivity index (χ1) is 13.8. The molecule has 29 heavy (non-hydrogen) atoms. The van der Waals surface area contributed by atoms with Gasteiger partial charge in [0.25, 0.3) is 11.1 Å². The lowest BCUT2D eigenvalue weighted by Crippen LogP contribution is -2.23. The Balaban J connectivity index is 1.67. The molecular formula is C21H12Cl2N2O4. The molecule has 0 aliphatic rings. The number of H-pyrrole nitrogens is 2. The first kappa shape index (κ1) is 19.1. The van der Waals surface area contributed by atoms with E-state index in [1.807, 2.05) is 0 Å². The zero-order valence-corrected chi connectivity index (χ0v) is 16.2. The average molecular weight is 427 g/mol. The lowest BCUT2D eigenvalue weighted by atomic mass is 10.0. The van der Waals surface area contributed by atoms with Gasteiger partial charge in [-0.15, -0.1) is 0 Å². The van der Waals surface area contributed by atoms with Crippen LogP contribution in [0.1, 0.15) is 27.1 Å². The van der Waals surface area contributed by atoms with Gasteiger partial charge in [0.1, 0.15) is 0 Å². The summed E-state index contributed by atoms with van der Waals surface area (Å²) in [6.45, 7) is 0. The summed E-state index contributed by atoms with van der Waals surface area (Å²) in [6, 6.07) is 12.5. The van der Waals surface area contributed by atoms with E-state index in [1.54, 1.807) is 36.4 Å². The number of carbonyl (C=O) groups excluding carboxylic acids is 2. The summed E-state index contributed by atoms with van der Waals surface area (Å²) < 4.78 is 0. The zero-order chi connectivity index (χ0) is 20.7. The van der Waals surface area contributed by atoms with Crippen molar-refractivity contribution >= 4 is 56.6 Å². The maximum Gasteiger partial charge on any atom is 0.259 e. The molecule has 0 atom stereocenters. The molecule has 0 aliphatic carbocycles. The minimum absolute atomic E-state index is 0.155. The van der Waals surface area contributed by atoms with Crippen LogP contribution in [0.4, 0.5) is 0 Å². The number of rotatable bonds is 4. The summed E-state index contributed by atoms with van der Waals surface area (Å²) in [5.41, 5.74) is -0.598. The van der Waals surface area contributed by atoms with Crippen molar-refractivity contribution in [2.75, 3.05) is 0 Å². The fourth-order valence-electron chi connectivity index (χ4n) is 3.10. The molecule has 0 amide bonds. The number of nitrogens with one attached hydrogen (secondary N) is 2. The highest BCUT2D eigenvalue weighted by Crippen LogP contribution is 2.19. The highest BCUT2D eigenvalue weighted by molar-refractivity contribution is 6.31. The number of hydrogen-bond acceptors (Lipinski definition) is 4. The largest absolute Gasteiger partial charge is 0.321 e. The fourth-order valence-corrected chi connectivity index (χ4v) is 3.44. The van der Waals surface area contributed by atoms with Crippen molar-refractivity contribution in [3.05, 3.63) is 90.4 Å². The Morgan fingerprint density at radius 1 is 0.690 bits per heavy atom. The molecule has 0 fully saturated rings. The highest BCUT2D eigenvalue weighted by atomic mass is 35.5. The van der Waals surface area contributed by atoms with E-state index < -0.39 is 29.1 Å². The van der Waals surface area contributed by atoms with Crippen LogP contribution in [-0.2, 0) is 0 Å². The maximum atomic E-state index is 12.6. The highest BCUT2D eigenvalue weighted by Gasteiger charge is 2.20. The summed E-state index contributed by atoms with van der Waals surface area (Å²) in [5.74, 6) is -1.35. The monoisotopic (exact) mass is 426 g/mol. The number of aromatic nitrogens is 2. The molecular weight excluding hydrogens is 415 g/mol. The van der Waals surface area contributed by atoms with Crippen molar-refractivity contribution in [1.29, 1.82) is 0 Å². The topological polar surface area (TPSA) is 99.9 Å². The van der Waals surface area contributed by atoms with Gasteiger partial charge >= 0.3 is 0 Å². The Labute approximate surface area is 173 Å². The summed E-state index contributed by atoms with van der Waals surface area (Å²) in [5, 5.41) is 2.09. The van der Waals surface area contributed by atoms with Crippen molar-refractivity contribution in [1.82, 2.24) is 9.97 Å². The smallest absolute Gasteiger partial charge is 0.259 e. The van der Waals surface area contributed by atoms with E-state index in [1.165, 1.54) is 12.1 Å². The molecule has 2 N–H and O–H groups in total. The fraction of sp³-hybridized carbons (Fsp3) is 0.0476. The lowest BCUT2D eigenvalue weighted by Gasteiger charge is -2.05. The summed E-state index contributed by atoms with van der Waals surface area (Å²) in [7, 11) is 0. The summed E-state index contributed by atoms with van der Waals surface area (Å²) in [6.07, 6.45) is -0.607. The Kier molecular flexibility index (Phi) is 4.82. The van der Waals surface area contributed by atoms with Crippen LogP contribution in [0.25, 0.3) is 21.8 Å². The Morgan fingerprint density at radius 2 is 1.10 bits per heavy atom. The van der Waals surface area contributed by atoms with Gasteiger partial charge in [-0.1, -0.05) is 35.3 Å². The van der Waals surface area contributed by atoms with E-state index in [0.717, 1.165) is 0 Å². The molecule has 0 spiro atoms. The third-order valence-corrected chi connectivity index (χ3v) is 5.01. The SMILES string of the molecule is O=C(CC(=O)c1cc2ccc(Cl)cc2[nH]c1=O)c1cc2ccc(Cl)cc2[nH]c1=O. The van der Waals surface area contributed by atoms with Crippen LogP contribution >= 0.6 is 23.2 Å². The van der Waals surface area contributed by atoms with Gasteiger partial charge in [-0.2, -0.15) is 0 Å². The normalized spacial score (nSPS) is 11.1. The predicted octanol–water partition coefficient (Wildman–Crippen LogP) is 4.13. The van der Waals surface area contributed by atoms with E-state index in [0.29, 0.717) is 31.9 Å². The Hall–Kier alpha value is -3.22.